The SMILES string of the molecule is CCc1nn(-c2ccccc2C)c(C)c1O. The maximum absolute atomic E-state index is 9.89. The summed E-state index contributed by atoms with van der Waals surface area (Å²) in [7, 11) is 0. The van der Waals surface area contributed by atoms with Crippen molar-refractivity contribution in [2.24, 2.45) is 0 Å². The summed E-state index contributed by atoms with van der Waals surface area (Å²) in [4.78, 5) is 0. The van der Waals surface area contributed by atoms with Gasteiger partial charge in [0.2, 0.25) is 0 Å². The lowest BCUT2D eigenvalue weighted by atomic mass is 10.2. The summed E-state index contributed by atoms with van der Waals surface area (Å²) in [5, 5.41) is 14.3. The molecule has 0 fully saturated rings. The first-order valence-corrected chi connectivity index (χ1v) is 5.48. The fourth-order valence-electron chi connectivity index (χ4n) is 1.83. The molecular weight excluding hydrogens is 200 g/mol. The number of aromatic hydroxyl groups is 1. The molecule has 2 rings (SSSR count). The molecule has 0 saturated heterocycles. The lowest BCUT2D eigenvalue weighted by Crippen LogP contribution is -2.01. The van der Waals surface area contributed by atoms with E-state index in [-0.39, 0.29) is 0 Å². The third kappa shape index (κ3) is 1.58. The van der Waals surface area contributed by atoms with E-state index in [9.17, 15) is 5.11 Å². The average molecular weight is 216 g/mol. The van der Waals surface area contributed by atoms with Crippen molar-refractivity contribution in [1.29, 1.82) is 0 Å². The van der Waals surface area contributed by atoms with Crippen LogP contribution in [-0.2, 0) is 6.42 Å². The van der Waals surface area contributed by atoms with Crippen LogP contribution in [-0.4, -0.2) is 14.9 Å². The molecule has 0 saturated carbocycles. The van der Waals surface area contributed by atoms with Crippen LogP contribution >= 0.6 is 0 Å². The second kappa shape index (κ2) is 4.00. The van der Waals surface area contributed by atoms with Crippen LogP contribution in [0.1, 0.15) is 23.9 Å². The van der Waals surface area contributed by atoms with Gasteiger partial charge in [0, 0.05) is 0 Å². The first-order chi connectivity index (χ1) is 7.65. The van der Waals surface area contributed by atoms with Crippen molar-refractivity contribution in [3.05, 3.63) is 41.2 Å². The summed E-state index contributed by atoms with van der Waals surface area (Å²) in [6, 6.07) is 8.03. The highest BCUT2D eigenvalue weighted by Crippen LogP contribution is 2.25. The fourth-order valence-corrected chi connectivity index (χ4v) is 1.83. The number of aryl methyl sites for hydroxylation is 2. The Morgan fingerprint density at radius 3 is 2.50 bits per heavy atom. The van der Waals surface area contributed by atoms with Gasteiger partial charge < -0.3 is 5.11 Å². The highest BCUT2D eigenvalue weighted by Gasteiger charge is 2.13. The molecule has 0 aliphatic heterocycles. The highest BCUT2D eigenvalue weighted by molar-refractivity contribution is 5.44. The highest BCUT2D eigenvalue weighted by atomic mass is 16.3. The summed E-state index contributed by atoms with van der Waals surface area (Å²) in [6.45, 7) is 5.91. The summed E-state index contributed by atoms with van der Waals surface area (Å²) >= 11 is 0. The van der Waals surface area contributed by atoms with E-state index in [1.54, 1.807) is 0 Å². The Morgan fingerprint density at radius 2 is 1.94 bits per heavy atom. The monoisotopic (exact) mass is 216 g/mol. The smallest absolute Gasteiger partial charge is 0.160 e. The molecular formula is C13H16N2O. The van der Waals surface area contributed by atoms with Gasteiger partial charge in [-0.2, -0.15) is 5.10 Å². The molecule has 0 spiro atoms. The summed E-state index contributed by atoms with van der Waals surface area (Å²) in [6.07, 6.45) is 0.742. The van der Waals surface area contributed by atoms with Gasteiger partial charge in [0.15, 0.2) is 5.75 Å². The van der Waals surface area contributed by atoms with Crippen LogP contribution < -0.4 is 0 Å². The molecule has 0 radical (unpaired) electrons. The fraction of sp³-hybridized carbons (Fsp3) is 0.308. The summed E-state index contributed by atoms with van der Waals surface area (Å²) in [5.41, 5.74) is 3.72. The second-order valence-electron chi connectivity index (χ2n) is 3.93. The van der Waals surface area contributed by atoms with Gasteiger partial charge >= 0.3 is 0 Å². The Balaban J connectivity index is 2.61. The zero-order chi connectivity index (χ0) is 11.7. The molecule has 3 heteroatoms. The molecule has 16 heavy (non-hydrogen) atoms. The number of aromatic nitrogens is 2. The zero-order valence-corrected chi connectivity index (χ0v) is 9.86. The van der Waals surface area contributed by atoms with E-state index in [4.69, 9.17) is 0 Å². The number of benzene rings is 1. The molecule has 0 aliphatic rings. The van der Waals surface area contributed by atoms with Crippen molar-refractivity contribution in [2.45, 2.75) is 27.2 Å². The average Bonchev–Trinajstić information content (AvgIpc) is 2.57. The Labute approximate surface area is 95.3 Å². The third-order valence-electron chi connectivity index (χ3n) is 2.83. The predicted octanol–water partition coefficient (Wildman–Crippen LogP) is 2.76. The second-order valence-corrected chi connectivity index (χ2v) is 3.93. The van der Waals surface area contributed by atoms with E-state index in [1.165, 1.54) is 0 Å². The van der Waals surface area contributed by atoms with Crippen molar-refractivity contribution in [3.63, 3.8) is 0 Å². The van der Waals surface area contributed by atoms with Gasteiger partial charge in [-0.3, -0.25) is 0 Å². The van der Waals surface area contributed by atoms with E-state index < -0.39 is 0 Å². The van der Waals surface area contributed by atoms with Crippen LogP contribution in [0.4, 0.5) is 0 Å². The van der Waals surface area contributed by atoms with Gasteiger partial charge in [0.1, 0.15) is 5.69 Å². The van der Waals surface area contributed by atoms with Crippen LogP contribution in [0, 0.1) is 13.8 Å². The van der Waals surface area contributed by atoms with E-state index in [0.717, 1.165) is 29.1 Å². The first kappa shape index (κ1) is 10.7. The van der Waals surface area contributed by atoms with Crippen molar-refractivity contribution in [2.75, 3.05) is 0 Å². The Morgan fingerprint density at radius 1 is 1.25 bits per heavy atom. The normalized spacial score (nSPS) is 10.7. The molecule has 3 nitrogen and oxygen atoms in total. The van der Waals surface area contributed by atoms with Crippen LogP contribution in [0.2, 0.25) is 0 Å². The molecule has 0 atom stereocenters. The molecule has 1 heterocycles. The van der Waals surface area contributed by atoms with Crippen molar-refractivity contribution in [1.82, 2.24) is 9.78 Å². The number of hydrogen-bond donors (Lipinski definition) is 1. The van der Waals surface area contributed by atoms with E-state index in [2.05, 4.69) is 5.10 Å². The minimum Gasteiger partial charge on any atom is -0.504 e. The molecule has 2 aromatic rings. The number of hydrogen-bond acceptors (Lipinski definition) is 2. The third-order valence-corrected chi connectivity index (χ3v) is 2.83. The number of rotatable bonds is 2. The lowest BCUT2D eigenvalue weighted by molar-refractivity contribution is 0.464. The molecule has 0 aliphatic carbocycles. The van der Waals surface area contributed by atoms with Crippen molar-refractivity contribution in [3.8, 4) is 11.4 Å². The topological polar surface area (TPSA) is 38.0 Å². The van der Waals surface area contributed by atoms with Gasteiger partial charge in [-0.25, -0.2) is 4.68 Å². The van der Waals surface area contributed by atoms with Crippen molar-refractivity contribution < 1.29 is 5.11 Å². The van der Waals surface area contributed by atoms with Crippen LogP contribution in [0.25, 0.3) is 5.69 Å². The molecule has 1 N–H and O–H groups in total. The van der Waals surface area contributed by atoms with Gasteiger partial charge in [-0.1, -0.05) is 25.1 Å². The minimum absolute atomic E-state index is 0.311. The lowest BCUT2D eigenvalue weighted by Gasteiger charge is -2.06. The van der Waals surface area contributed by atoms with Gasteiger partial charge in [0.25, 0.3) is 0 Å². The number of para-hydroxylation sites is 1. The minimum atomic E-state index is 0.311. The van der Waals surface area contributed by atoms with Gasteiger partial charge in [-0.15, -0.1) is 0 Å². The van der Waals surface area contributed by atoms with Gasteiger partial charge in [-0.05, 0) is 31.9 Å². The van der Waals surface area contributed by atoms with Crippen molar-refractivity contribution >= 4 is 0 Å². The maximum Gasteiger partial charge on any atom is 0.160 e. The molecule has 1 aromatic carbocycles. The quantitative estimate of drug-likeness (QED) is 0.838. The molecule has 0 unspecified atom stereocenters. The first-order valence-electron chi connectivity index (χ1n) is 5.48. The molecule has 1 aromatic heterocycles. The van der Waals surface area contributed by atoms with E-state index in [1.807, 2.05) is 49.7 Å². The van der Waals surface area contributed by atoms with E-state index >= 15 is 0 Å². The van der Waals surface area contributed by atoms with Crippen LogP contribution in [0.15, 0.2) is 24.3 Å². The summed E-state index contributed by atoms with van der Waals surface area (Å²) in [5.74, 6) is 0.311. The zero-order valence-electron chi connectivity index (χ0n) is 9.86. The Bertz CT molecular complexity index is 515. The van der Waals surface area contributed by atoms with Crippen LogP contribution in [0.3, 0.4) is 0 Å². The van der Waals surface area contributed by atoms with E-state index in [0.29, 0.717) is 5.75 Å². The van der Waals surface area contributed by atoms with Crippen LogP contribution in [0.5, 0.6) is 5.75 Å². The predicted molar refractivity (Wildman–Crippen MR) is 64.1 cm³/mol. The largest absolute Gasteiger partial charge is 0.504 e. The van der Waals surface area contributed by atoms with Gasteiger partial charge in [0.05, 0.1) is 11.4 Å². The number of nitrogens with zero attached hydrogens (tertiary/aromatic N) is 2. The Kier molecular flexibility index (Phi) is 2.69. The summed E-state index contributed by atoms with van der Waals surface area (Å²) < 4.78 is 1.81. The molecule has 0 amide bonds. The Hall–Kier alpha value is -1.77. The maximum atomic E-state index is 9.89. The standard InChI is InChI=1S/C13H16N2O/c1-4-11-13(16)10(3)15(14-11)12-8-6-5-7-9(12)2/h5-8,16H,4H2,1-3H3. The molecule has 84 valence electrons. The molecule has 0 bridgehead atoms.